The van der Waals surface area contributed by atoms with Crippen molar-refractivity contribution in [3.63, 3.8) is 0 Å². The smallest absolute Gasteiger partial charge is 0.263 e. The lowest BCUT2D eigenvalue weighted by molar-refractivity contribution is -0.126. The summed E-state index contributed by atoms with van der Waals surface area (Å²) >= 11 is 0. The van der Waals surface area contributed by atoms with Crippen molar-refractivity contribution < 1.29 is 12.6 Å². The second-order valence-corrected chi connectivity index (χ2v) is 16.5. The maximum atomic E-state index is 13.0. The second kappa shape index (κ2) is 10.8. The van der Waals surface area contributed by atoms with Crippen LogP contribution in [-0.2, 0) is 14.3 Å². The number of rotatable bonds is 8. The molecule has 0 radical (unpaired) electrons. The highest BCUT2D eigenvalue weighted by Crippen LogP contribution is 2.68. The minimum Gasteiger partial charge on any atom is -0.263 e. The Morgan fingerprint density at radius 1 is 0.868 bits per heavy atom. The van der Waals surface area contributed by atoms with Gasteiger partial charge in [0.15, 0.2) is 0 Å². The molecule has 214 valence electrons. The van der Waals surface area contributed by atoms with Crippen molar-refractivity contribution in [3.8, 4) is 0 Å². The number of fused-ring (bicyclic) bond motifs is 5. The molecule has 0 spiro atoms. The van der Waals surface area contributed by atoms with Gasteiger partial charge in [-0.05, 0) is 129 Å². The SMILES string of the molecule is Cc1ccc(S(=O)(=O)O[C@H]2CC[C@@]3(C)C(CC[C@H]4[C@@H]5CC[C@H]([C@H](C)CCCC(C)C)[C@@]5(C)CC[C@@H]43)C2)cc1. The topological polar surface area (TPSA) is 43.4 Å². The zero-order chi connectivity index (χ0) is 27.3. The Kier molecular flexibility index (Phi) is 8.17. The number of aryl methyl sites for hydroxylation is 1. The van der Waals surface area contributed by atoms with Crippen LogP contribution in [0.15, 0.2) is 29.2 Å². The monoisotopic (exact) mass is 542 g/mol. The molecule has 0 saturated heterocycles. The molecule has 1 unspecified atom stereocenters. The van der Waals surface area contributed by atoms with E-state index in [2.05, 4.69) is 34.6 Å². The van der Waals surface area contributed by atoms with Crippen LogP contribution in [-0.4, -0.2) is 14.5 Å². The average Bonchev–Trinajstić information content (AvgIpc) is 3.21. The summed E-state index contributed by atoms with van der Waals surface area (Å²) in [6.45, 7) is 14.5. The molecule has 3 nitrogen and oxygen atoms in total. The van der Waals surface area contributed by atoms with Gasteiger partial charge in [0, 0.05) is 0 Å². The predicted molar refractivity (Wildman–Crippen MR) is 156 cm³/mol. The molecule has 0 aromatic heterocycles. The molecule has 0 bridgehead atoms. The molecule has 0 amide bonds. The molecule has 0 aliphatic heterocycles. The van der Waals surface area contributed by atoms with Crippen LogP contribution in [0.5, 0.6) is 0 Å². The van der Waals surface area contributed by atoms with Crippen LogP contribution in [0.4, 0.5) is 0 Å². The van der Waals surface area contributed by atoms with Crippen LogP contribution in [0.25, 0.3) is 0 Å². The molecule has 4 aliphatic rings. The van der Waals surface area contributed by atoms with Crippen molar-refractivity contribution in [2.75, 3.05) is 0 Å². The summed E-state index contributed by atoms with van der Waals surface area (Å²) in [5.41, 5.74) is 1.94. The van der Waals surface area contributed by atoms with Gasteiger partial charge in [0.25, 0.3) is 10.1 Å². The van der Waals surface area contributed by atoms with Crippen molar-refractivity contribution in [3.05, 3.63) is 29.8 Å². The lowest BCUT2D eigenvalue weighted by Crippen LogP contribution is -2.54. The van der Waals surface area contributed by atoms with Crippen LogP contribution in [0.3, 0.4) is 0 Å². The highest BCUT2D eigenvalue weighted by Gasteiger charge is 2.60. The summed E-state index contributed by atoms with van der Waals surface area (Å²) < 4.78 is 31.9. The first-order valence-electron chi connectivity index (χ1n) is 15.9. The maximum Gasteiger partial charge on any atom is 0.297 e. The fourth-order valence-electron chi connectivity index (χ4n) is 10.3. The van der Waals surface area contributed by atoms with Gasteiger partial charge < -0.3 is 0 Å². The Hall–Kier alpha value is -0.870. The van der Waals surface area contributed by atoms with Gasteiger partial charge in [-0.25, -0.2) is 0 Å². The van der Waals surface area contributed by atoms with Crippen molar-refractivity contribution in [2.45, 2.75) is 130 Å². The fraction of sp³-hybridized carbons (Fsp3) is 0.824. The van der Waals surface area contributed by atoms with Crippen LogP contribution in [0, 0.1) is 59.2 Å². The van der Waals surface area contributed by atoms with Gasteiger partial charge in [-0.2, -0.15) is 8.42 Å². The van der Waals surface area contributed by atoms with E-state index >= 15 is 0 Å². The lowest BCUT2D eigenvalue weighted by atomic mass is 9.44. The Balaban J connectivity index is 1.24. The molecule has 4 fully saturated rings. The van der Waals surface area contributed by atoms with Crippen LogP contribution in [0.2, 0.25) is 0 Å². The van der Waals surface area contributed by atoms with E-state index < -0.39 is 10.1 Å². The van der Waals surface area contributed by atoms with Gasteiger partial charge in [-0.15, -0.1) is 0 Å². The average molecular weight is 543 g/mol. The zero-order valence-electron chi connectivity index (χ0n) is 25.0. The minimum absolute atomic E-state index is 0.174. The summed E-state index contributed by atoms with van der Waals surface area (Å²) in [5.74, 6) is 5.75. The van der Waals surface area contributed by atoms with Gasteiger partial charge in [0.1, 0.15) is 0 Å². The summed E-state index contributed by atoms with van der Waals surface area (Å²) in [4.78, 5) is 0.293. The third kappa shape index (κ3) is 5.27. The van der Waals surface area contributed by atoms with E-state index in [1.807, 2.05) is 19.1 Å². The first-order valence-corrected chi connectivity index (χ1v) is 17.3. The molecule has 4 aliphatic carbocycles. The second-order valence-electron chi connectivity index (χ2n) is 14.9. The van der Waals surface area contributed by atoms with Gasteiger partial charge >= 0.3 is 0 Å². The van der Waals surface area contributed by atoms with Crippen molar-refractivity contribution in [1.82, 2.24) is 0 Å². The van der Waals surface area contributed by atoms with E-state index in [4.69, 9.17) is 4.18 Å². The molecule has 4 saturated carbocycles. The largest absolute Gasteiger partial charge is 0.297 e. The number of benzene rings is 1. The van der Waals surface area contributed by atoms with E-state index in [0.717, 1.165) is 60.3 Å². The molecule has 38 heavy (non-hydrogen) atoms. The van der Waals surface area contributed by atoms with E-state index in [-0.39, 0.29) is 6.10 Å². The van der Waals surface area contributed by atoms with E-state index in [9.17, 15) is 8.42 Å². The quantitative estimate of drug-likeness (QED) is 0.308. The van der Waals surface area contributed by atoms with Gasteiger partial charge in [-0.1, -0.05) is 71.6 Å². The first-order chi connectivity index (χ1) is 17.9. The first kappa shape index (κ1) is 28.7. The normalized spacial score (nSPS) is 39.9. The Bertz CT molecular complexity index is 1060. The summed E-state index contributed by atoms with van der Waals surface area (Å²) in [6, 6.07) is 7.07. The molecule has 0 heterocycles. The Labute approximate surface area is 234 Å². The highest BCUT2D eigenvalue weighted by atomic mass is 32.2. The molecule has 5 rings (SSSR count). The predicted octanol–water partition coefficient (Wildman–Crippen LogP) is 9.19. The van der Waals surface area contributed by atoms with Crippen molar-refractivity contribution in [2.24, 2.45) is 52.3 Å². The van der Waals surface area contributed by atoms with Gasteiger partial charge in [0.05, 0.1) is 11.0 Å². The fourth-order valence-corrected chi connectivity index (χ4v) is 11.4. The summed E-state index contributed by atoms with van der Waals surface area (Å²) in [7, 11) is -3.70. The van der Waals surface area contributed by atoms with Crippen molar-refractivity contribution in [1.29, 1.82) is 0 Å². The standard InChI is InChI=1S/C34H54O3S/c1-23(2)8-7-9-25(4)30-16-17-31-29-15-12-26-22-27(37-38(35,36)28-13-10-24(3)11-14-28)18-20-33(26,5)32(29)19-21-34(30,31)6/h10-11,13-14,23,25-27,29-32H,7-9,12,15-22H2,1-6H3/t25-,26?,27+,29+,30-,31+,32+,33+,34-/m1/s1. The molecule has 0 N–H and O–H groups in total. The third-order valence-corrected chi connectivity index (χ3v) is 13.8. The minimum atomic E-state index is -3.70. The zero-order valence-corrected chi connectivity index (χ0v) is 25.9. The van der Waals surface area contributed by atoms with Gasteiger partial charge in [0.2, 0.25) is 0 Å². The van der Waals surface area contributed by atoms with E-state index in [0.29, 0.717) is 21.6 Å². The lowest BCUT2D eigenvalue weighted by Gasteiger charge is -2.61. The molecular weight excluding hydrogens is 488 g/mol. The molecule has 1 aromatic rings. The maximum absolute atomic E-state index is 13.0. The van der Waals surface area contributed by atoms with Gasteiger partial charge in [-0.3, -0.25) is 4.18 Å². The molecular formula is C34H54O3S. The van der Waals surface area contributed by atoms with Crippen LogP contribution >= 0.6 is 0 Å². The summed E-state index contributed by atoms with van der Waals surface area (Å²) in [5, 5.41) is 0. The Morgan fingerprint density at radius 3 is 2.26 bits per heavy atom. The summed E-state index contributed by atoms with van der Waals surface area (Å²) in [6.07, 6.45) is 15.2. The molecule has 4 heteroatoms. The van der Waals surface area contributed by atoms with Crippen molar-refractivity contribution >= 4 is 10.1 Å². The number of hydrogen-bond donors (Lipinski definition) is 0. The van der Waals surface area contributed by atoms with E-state index in [1.54, 1.807) is 12.1 Å². The third-order valence-electron chi connectivity index (χ3n) is 12.4. The Morgan fingerprint density at radius 2 is 1.55 bits per heavy atom. The van der Waals surface area contributed by atoms with Crippen LogP contribution in [0.1, 0.15) is 117 Å². The number of hydrogen-bond acceptors (Lipinski definition) is 3. The van der Waals surface area contributed by atoms with Crippen LogP contribution < -0.4 is 0 Å². The highest BCUT2D eigenvalue weighted by molar-refractivity contribution is 7.86. The molecule has 1 aromatic carbocycles. The molecule has 9 atom stereocenters. The van der Waals surface area contributed by atoms with E-state index in [1.165, 1.54) is 57.8 Å².